The molecule has 0 radical (unpaired) electrons. The van der Waals surface area contributed by atoms with Gasteiger partial charge in [0.1, 0.15) is 0 Å². The third-order valence-electron chi connectivity index (χ3n) is 4.76. The van der Waals surface area contributed by atoms with Gasteiger partial charge in [0.15, 0.2) is 0 Å². The minimum atomic E-state index is 0.770. The number of nitrogens with one attached hydrogen (secondary N) is 2. The van der Waals surface area contributed by atoms with Crippen molar-refractivity contribution in [2.24, 2.45) is 0 Å². The van der Waals surface area contributed by atoms with Crippen LogP contribution in [-0.2, 0) is 0 Å². The fourth-order valence-corrected chi connectivity index (χ4v) is 6.55. The Kier molecular flexibility index (Phi) is 6.90. The van der Waals surface area contributed by atoms with E-state index in [0.29, 0.717) is 0 Å². The largest absolute Gasteiger partial charge is 0.353 e. The zero-order valence-corrected chi connectivity index (χ0v) is 27.9. The molecule has 2 aliphatic heterocycles. The molecule has 0 aliphatic carbocycles. The quantitative estimate of drug-likeness (QED) is 0.236. The topological polar surface area (TPSA) is 57.4 Å². The van der Waals surface area contributed by atoms with E-state index in [0.717, 1.165) is 80.7 Å². The summed E-state index contributed by atoms with van der Waals surface area (Å²) in [4.78, 5) is 16.5. The Morgan fingerprint density at radius 2 is 0.688 bits per heavy atom. The Balaban J connectivity index is 1.99. The zero-order valence-electron chi connectivity index (χ0n) is 15.2. The summed E-state index contributed by atoms with van der Waals surface area (Å²) in [5.41, 5.74) is 6.70. The van der Waals surface area contributed by atoms with E-state index in [1.54, 1.807) is 0 Å². The van der Waals surface area contributed by atoms with Crippen molar-refractivity contribution in [1.29, 1.82) is 0 Å². The highest BCUT2D eigenvalue weighted by Crippen LogP contribution is 2.43. The lowest BCUT2D eigenvalue weighted by molar-refractivity contribution is 1.27. The lowest BCUT2D eigenvalue weighted by atomic mass is 10.3. The summed E-state index contributed by atoms with van der Waals surface area (Å²) in [6.07, 6.45) is 0. The molecule has 3 aromatic heterocycles. The molecule has 2 aliphatic rings. The van der Waals surface area contributed by atoms with Gasteiger partial charge in [0, 0.05) is 0 Å². The van der Waals surface area contributed by atoms with Gasteiger partial charge < -0.3 is 9.97 Å². The van der Waals surface area contributed by atoms with Crippen molar-refractivity contribution in [3.63, 3.8) is 0 Å². The first-order valence-electron chi connectivity index (χ1n) is 8.72. The minimum Gasteiger partial charge on any atom is -0.353 e. The van der Waals surface area contributed by atoms with E-state index in [2.05, 4.69) is 137 Å². The Hall–Kier alpha value is 0.440. The normalized spacial score (nSPS) is 14.0. The summed E-state index contributed by atoms with van der Waals surface area (Å²) in [6.45, 7) is 0. The van der Waals surface area contributed by atoms with Gasteiger partial charge in [-0.25, -0.2) is 9.97 Å². The van der Waals surface area contributed by atoms with Crippen LogP contribution in [0.4, 0.5) is 0 Å². The summed E-state index contributed by atoms with van der Waals surface area (Å²) in [6, 6.07) is 7.94. The van der Waals surface area contributed by atoms with Crippen molar-refractivity contribution in [3.8, 4) is 0 Å². The number of aromatic nitrogens is 4. The van der Waals surface area contributed by atoms with Crippen LogP contribution in [0.1, 0.15) is 22.8 Å². The molecule has 8 bridgehead atoms. The molecule has 5 heterocycles. The van der Waals surface area contributed by atoms with Gasteiger partial charge in [0.25, 0.3) is 0 Å². The van der Waals surface area contributed by atoms with Crippen molar-refractivity contribution < 1.29 is 0 Å². The van der Waals surface area contributed by atoms with Crippen molar-refractivity contribution in [1.82, 2.24) is 19.9 Å². The molecule has 0 aromatic carbocycles. The van der Waals surface area contributed by atoms with Crippen LogP contribution >= 0.6 is 127 Å². The molecule has 12 heteroatoms. The fraction of sp³-hybridized carbons (Fsp3) is 0. The van der Waals surface area contributed by atoms with Crippen LogP contribution in [0.25, 0.3) is 40.0 Å². The molecule has 5 rings (SSSR count). The van der Waals surface area contributed by atoms with Gasteiger partial charge in [-0.15, -0.1) is 0 Å². The number of aromatic amines is 2. The Bertz CT molecular complexity index is 1450. The molecule has 0 saturated carbocycles. The van der Waals surface area contributed by atoms with Crippen LogP contribution < -0.4 is 0 Å². The monoisotopic (exact) mass is 933 g/mol. The van der Waals surface area contributed by atoms with E-state index in [9.17, 15) is 0 Å². The van der Waals surface area contributed by atoms with Gasteiger partial charge in [-0.2, -0.15) is 0 Å². The number of H-pyrrole nitrogens is 2. The lowest BCUT2D eigenvalue weighted by Crippen LogP contribution is -1.80. The smallest absolute Gasteiger partial charge is 0.0813 e. The van der Waals surface area contributed by atoms with E-state index in [4.69, 9.17) is 9.97 Å². The van der Waals surface area contributed by atoms with Crippen molar-refractivity contribution >= 4 is 167 Å². The van der Waals surface area contributed by atoms with Crippen molar-refractivity contribution in [2.45, 2.75) is 0 Å². The van der Waals surface area contributed by atoms with Gasteiger partial charge in [0.2, 0.25) is 0 Å². The van der Waals surface area contributed by atoms with Crippen LogP contribution in [0.3, 0.4) is 0 Å². The predicted octanol–water partition coefficient (Wildman–Crippen LogP) is 10.6. The first-order chi connectivity index (χ1) is 15.2. The predicted molar refractivity (Wildman–Crippen MR) is 161 cm³/mol. The van der Waals surface area contributed by atoms with Gasteiger partial charge in [0.05, 0.1) is 80.7 Å². The molecular formula is C20H6Br8N4. The fourth-order valence-electron chi connectivity index (χ4n) is 3.22. The summed E-state index contributed by atoms with van der Waals surface area (Å²) in [5, 5.41) is 0. The van der Waals surface area contributed by atoms with Crippen LogP contribution in [0, 0.1) is 0 Å². The maximum absolute atomic E-state index is 4.81. The first kappa shape index (κ1) is 24.1. The molecule has 0 atom stereocenters. The Morgan fingerprint density at radius 3 is 1.03 bits per heavy atom. The highest BCUT2D eigenvalue weighted by atomic mass is 79.9. The molecule has 0 fully saturated rings. The van der Waals surface area contributed by atoms with Crippen molar-refractivity contribution in [2.75, 3.05) is 0 Å². The number of rotatable bonds is 0. The highest BCUT2D eigenvalue weighted by molar-refractivity contribution is 9.18. The van der Waals surface area contributed by atoms with Crippen molar-refractivity contribution in [3.05, 3.63) is 64.9 Å². The highest BCUT2D eigenvalue weighted by Gasteiger charge is 2.21. The van der Waals surface area contributed by atoms with E-state index >= 15 is 0 Å². The summed E-state index contributed by atoms with van der Waals surface area (Å²) >= 11 is 29.4. The summed E-state index contributed by atoms with van der Waals surface area (Å²) < 4.78 is 7.10. The van der Waals surface area contributed by atoms with Gasteiger partial charge >= 0.3 is 0 Å². The van der Waals surface area contributed by atoms with Crippen LogP contribution in [0.2, 0.25) is 0 Å². The number of hydrogen-bond acceptors (Lipinski definition) is 2. The second kappa shape index (κ2) is 9.15. The second-order valence-corrected chi connectivity index (χ2v) is 13.1. The van der Waals surface area contributed by atoms with Gasteiger partial charge in [-0.05, 0) is 152 Å². The van der Waals surface area contributed by atoms with Crippen LogP contribution in [-0.4, -0.2) is 19.9 Å². The third kappa shape index (κ3) is 4.08. The molecule has 2 N–H and O–H groups in total. The van der Waals surface area contributed by atoms with Crippen LogP contribution in [0.15, 0.2) is 42.2 Å². The molecule has 3 aromatic rings. The molecule has 4 nitrogen and oxygen atoms in total. The molecule has 32 heavy (non-hydrogen) atoms. The van der Waals surface area contributed by atoms with E-state index in [1.807, 2.05) is 24.3 Å². The standard InChI is InChI=1S/C20H6Br8N4/c21-13-5-1-6-14(22)16(24)8(30-6)3-10-18(26)20(28)12(32-10)4-11-19(27)17(25)9(31-11)2-7(29-5)15(13)23/h1-4,29-30H. The maximum atomic E-state index is 4.81. The van der Waals surface area contributed by atoms with E-state index in [1.165, 1.54) is 0 Å². The van der Waals surface area contributed by atoms with E-state index < -0.39 is 0 Å². The average Bonchev–Trinajstić information content (AvgIpc) is 3.37. The average molecular weight is 942 g/mol. The molecule has 0 unspecified atom stereocenters. The Labute approximate surface area is 249 Å². The molecule has 0 amide bonds. The summed E-state index contributed by atoms with van der Waals surface area (Å²) in [5.74, 6) is 0. The van der Waals surface area contributed by atoms with Gasteiger partial charge in [-0.1, -0.05) is 0 Å². The number of hydrogen-bond donors (Lipinski definition) is 2. The van der Waals surface area contributed by atoms with E-state index in [-0.39, 0.29) is 0 Å². The number of nitrogens with zero attached hydrogens (tertiary/aromatic N) is 2. The number of halogens is 8. The molecule has 0 saturated heterocycles. The van der Waals surface area contributed by atoms with Crippen LogP contribution in [0.5, 0.6) is 0 Å². The Morgan fingerprint density at radius 1 is 0.406 bits per heavy atom. The summed E-state index contributed by atoms with van der Waals surface area (Å²) in [7, 11) is 0. The third-order valence-corrected chi connectivity index (χ3v) is 13.4. The first-order valence-corrected chi connectivity index (χ1v) is 15.1. The van der Waals surface area contributed by atoms with Gasteiger partial charge in [-0.3, -0.25) is 0 Å². The minimum absolute atomic E-state index is 0.770. The lowest BCUT2D eigenvalue weighted by Gasteiger charge is -1.92. The maximum Gasteiger partial charge on any atom is 0.0813 e. The molecule has 0 spiro atoms. The zero-order chi connectivity index (χ0) is 22.9. The molecular weight excluding hydrogens is 935 g/mol. The SMILES string of the molecule is BrC1=C(Br)c2cc3[nH]c(cc4[nH]c(cc5nc(cc1n2)C(Br)=C5Br)c(Br)c4Br)c(Br)c3Br. The number of fused-ring (bicyclic) bond motifs is 8. The second-order valence-electron chi connectivity index (χ2n) is 6.76. The molecule has 162 valence electrons.